The number of anilines is 1. The second-order valence-corrected chi connectivity index (χ2v) is 6.54. The van der Waals surface area contributed by atoms with E-state index in [4.69, 9.17) is 0 Å². The van der Waals surface area contributed by atoms with Gasteiger partial charge in [0.05, 0.1) is 0 Å². The number of hydrogen-bond acceptors (Lipinski definition) is 3. The highest BCUT2D eigenvalue weighted by Gasteiger charge is 2.16. The van der Waals surface area contributed by atoms with Gasteiger partial charge < -0.3 is 15.5 Å². The van der Waals surface area contributed by atoms with Crippen LogP contribution in [0.3, 0.4) is 0 Å². The fraction of sp³-hybridized carbons (Fsp3) is 0.550. The number of unbranched alkanes of at least 4 members (excludes halogenated alkanes) is 1. The summed E-state index contributed by atoms with van der Waals surface area (Å²) in [5, 5.41) is 6.53. The van der Waals surface area contributed by atoms with Gasteiger partial charge in [0.15, 0.2) is 5.96 Å². The number of guanidine groups is 1. The SMILES string of the molecule is C=CCNC(=NC)NCCCCN1CCN(c2cccc(C)c2)CC1.I. The highest BCUT2D eigenvalue weighted by molar-refractivity contribution is 14.0. The predicted octanol–water partition coefficient (Wildman–Crippen LogP) is 2.87. The summed E-state index contributed by atoms with van der Waals surface area (Å²) in [6.45, 7) is 13.3. The lowest BCUT2D eigenvalue weighted by atomic mass is 10.2. The van der Waals surface area contributed by atoms with Gasteiger partial charge in [-0.1, -0.05) is 18.2 Å². The van der Waals surface area contributed by atoms with Crippen molar-refractivity contribution in [2.24, 2.45) is 4.99 Å². The molecule has 1 aromatic rings. The second kappa shape index (κ2) is 13.0. The molecule has 1 aromatic carbocycles. The molecule has 1 aliphatic rings. The Morgan fingerprint density at radius 1 is 1.19 bits per heavy atom. The summed E-state index contributed by atoms with van der Waals surface area (Å²) in [4.78, 5) is 9.27. The minimum absolute atomic E-state index is 0. The van der Waals surface area contributed by atoms with Gasteiger partial charge in [0.25, 0.3) is 0 Å². The lowest BCUT2D eigenvalue weighted by molar-refractivity contribution is 0.253. The van der Waals surface area contributed by atoms with Crippen LogP contribution in [0, 0.1) is 6.92 Å². The first-order chi connectivity index (χ1) is 12.2. The van der Waals surface area contributed by atoms with Crippen molar-refractivity contribution in [3.63, 3.8) is 0 Å². The van der Waals surface area contributed by atoms with E-state index in [1.165, 1.54) is 24.2 Å². The predicted molar refractivity (Wildman–Crippen MR) is 124 cm³/mol. The first kappa shape index (κ1) is 22.8. The minimum Gasteiger partial charge on any atom is -0.369 e. The smallest absolute Gasteiger partial charge is 0.191 e. The van der Waals surface area contributed by atoms with Crippen molar-refractivity contribution >= 4 is 35.6 Å². The monoisotopic (exact) mass is 471 g/mol. The third kappa shape index (κ3) is 7.95. The Bertz CT molecular complexity index is 553. The molecule has 1 saturated heterocycles. The zero-order valence-corrected chi connectivity index (χ0v) is 18.5. The molecular formula is C20H34IN5. The summed E-state index contributed by atoms with van der Waals surface area (Å²) in [6.07, 6.45) is 4.21. The van der Waals surface area contributed by atoms with Gasteiger partial charge in [-0.05, 0) is 44.0 Å². The molecule has 5 nitrogen and oxygen atoms in total. The molecule has 0 aromatic heterocycles. The molecular weight excluding hydrogens is 437 g/mol. The van der Waals surface area contributed by atoms with Gasteiger partial charge in [0.2, 0.25) is 0 Å². The van der Waals surface area contributed by atoms with E-state index < -0.39 is 0 Å². The first-order valence-corrected chi connectivity index (χ1v) is 9.32. The fourth-order valence-corrected chi connectivity index (χ4v) is 3.11. The van der Waals surface area contributed by atoms with Crippen LogP contribution in [0.2, 0.25) is 0 Å². The van der Waals surface area contributed by atoms with Crippen LogP contribution >= 0.6 is 24.0 Å². The Hall–Kier alpha value is -1.28. The van der Waals surface area contributed by atoms with E-state index in [0.717, 1.165) is 51.6 Å². The van der Waals surface area contributed by atoms with E-state index in [0.29, 0.717) is 0 Å². The van der Waals surface area contributed by atoms with Crippen molar-refractivity contribution < 1.29 is 0 Å². The lowest BCUT2D eigenvalue weighted by Crippen LogP contribution is -2.46. The van der Waals surface area contributed by atoms with E-state index in [2.05, 4.69) is 63.2 Å². The van der Waals surface area contributed by atoms with Crippen LogP contribution in [0.5, 0.6) is 0 Å². The van der Waals surface area contributed by atoms with Crippen molar-refractivity contribution in [3.05, 3.63) is 42.5 Å². The number of halogens is 1. The molecule has 0 saturated carbocycles. The summed E-state index contributed by atoms with van der Waals surface area (Å²) >= 11 is 0. The van der Waals surface area contributed by atoms with E-state index in [-0.39, 0.29) is 24.0 Å². The summed E-state index contributed by atoms with van der Waals surface area (Å²) in [5.41, 5.74) is 2.70. The number of aliphatic imine (C=N–C) groups is 1. The van der Waals surface area contributed by atoms with Crippen molar-refractivity contribution in [2.45, 2.75) is 19.8 Å². The van der Waals surface area contributed by atoms with Gasteiger partial charge in [-0.3, -0.25) is 9.89 Å². The third-order valence-electron chi connectivity index (χ3n) is 4.57. The third-order valence-corrected chi connectivity index (χ3v) is 4.57. The standard InChI is InChI=1S/C20H33N5.HI/c1-4-10-22-20(21-3)23-11-5-6-12-24-13-15-25(16-14-24)19-9-7-8-18(2)17-19;/h4,7-9,17H,1,5-6,10-16H2,2-3H3,(H2,21,22,23);1H. The molecule has 1 heterocycles. The van der Waals surface area contributed by atoms with E-state index in [9.17, 15) is 0 Å². The second-order valence-electron chi connectivity index (χ2n) is 6.54. The molecule has 0 atom stereocenters. The summed E-state index contributed by atoms with van der Waals surface area (Å²) in [7, 11) is 1.80. The van der Waals surface area contributed by atoms with Gasteiger partial charge in [0.1, 0.15) is 0 Å². The maximum absolute atomic E-state index is 4.19. The van der Waals surface area contributed by atoms with Crippen LogP contribution in [-0.4, -0.2) is 63.7 Å². The molecule has 2 rings (SSSR count). The molecule has 0 amide bonds. The summed E-state index contributed by atoms with van der Waals surface area (Å²) in [5.74, 6) is 0.853. The van der Waals surface area contributed by atoms with E-state index in [1.54, 1.807) is 7.05 Å². The number of piperazine rings is 1. The molecule has 0 radical (unpaired) electrons. The number of rotatable bonds is 8. The summed E-state index contributed by atoms with van der Waals surface area (Å²) in [6, 6.07) is 8.83. The normalized spacial score (nSPS) is 15.3. The van der Waals surface area contributed by atoms with Crippen LogP contribution < -0.4 is 15.5 Å². The molecule has 1 fully saturated rings. The maximum atomic E-state index is 4.19. The van der Waals surface area contributed by atoms with Crippen LogP contribution in [0.4, 0.5) is 5.69 Å². The van der Waals surface area contributed by atoms with E-state index >= 15 is 0 Å². The molecule has 0 unspecified atom stereocenters. The van der Waals surface area contributed by atoms with Gasteiger partial charge >= 0.3 is 0 Å². The largest absolute Gasteiger partial charge is 0.369 e. The van der Waals surface area contributed by atoms with Crippen molar-refractivity contribution in [2.75, 3.05) is 57.8 Å². The topological polar surface area (TPSA) is 42.9 Å². The quantitative estimate of drug-likeness (QED) is 0.201. The number of benzene rings is 1. The molecule has 26 heavy (non-hydrogen) atoms. The van der Waals surface area contributed by atoms with Crippen molar-refractivity contribution in [3.8, 4) is 0 Å². The Balaban J connectivity index is 0.00000338. The van der Waals surface area contributed by atoms with Gasteiger partial charge in [-0.15, -0.1) is 30.6 Å². The average molecular weight is 471 g/mol. The minimum atomic E-state index is 0. The van der Waals surface area contributed by atoms with Crippen LogP contribution in [0.15, 0.2) is 41.9 Å². The van der Waals surface area contributed by atoms with Crippen LogP contribution in [0.25, 0.3) is 0 Å². The first-order valence-electron chi connectivity index (χ1n) is 9.32. The Labute approximate surface area is 176 Å². The molecule has 0 aliphatic carbocycles. The highest BCUT2D eigenvalue weighted by Crippen LogP contribution is 2.17. The van der Waals surface area contributed by atoms with Crippen LogP contribution in [-0.2, 0) is 0 Å². The number of aryl methyl sites for hydroxylation is 1. The molecule has 0 spiro atoms. The Kier molecular flexibility index (Phi) is 11.4. The van der Waals surface area contributed by atoms with Crippen LogP contribution in [0.1, 0.15) is 18.4 Å². The Morgan fingerprint density at radius 3 is 2.62 bits per heavy atom. The maximum Gasteiger partial charge on any atom is 0.191 e. The fourth-order valence-electron chi connectivity index (χ4n) is 3.11. The zero-order chi connectivity index (χ0) is 17.9. The van der Waals surface area contributed by atoms with Gasteiger partial charge in [-0.2, -0.15) is 0 Å². The number of hydrogen-bond donors (Lipinski definition) is 2. The highest BCUT2D eigenvalue weighted by atomic mass is 127. The lowest BCUT2D eigenvalue weighted by Gasteiger charge is -2.36. The molecule has 0 bridgehead atoms. The molecule has 1 aliphatic heterocycles. The van der Waals surface area contributed by atoms with Crippen molar-refractivity contribution in [1.82, 2.24) is 15.5 Å². The molecule has 146 valence electrons. The van der Waals surface area contributed by atoms with Crippen molar-refractivity contribution in [1.29, 1.82) is 0 Å². The van der Waals surface area contributed by atoms with E-state index in [1.807, 2.05) is 6.08 Å². The summed E-state index contributed by atoms with van der Waals surface area (Å²) < 4.78 is 0. The van der Waals surface area contributed by atoms with Gasteiger partial charge in [0, 0.05) is 52.0 Å². The van der Waals surface area contributed by atoms with Gasteiger partial charge in [-0.25, -0.2) is 0 Å². The zero-order valence-electron chi connectivity index (χ0n) is 16.2. The average Bonchev–Trinajstić information content (AvgIpc) is 2.64. The number of nitrogens with zero attached hydrogens (tertiary/aromatic N) is 3. The molecule has 2 N–H and O–H groups in total. The number of nitrogens with one attached hydrogen (secondary N) is 2. The Morgan fingerprint density at radius 2 is 1.96 bits per heavy atom. The molecule has 6 heteroatoms.